The minimum Gasteiger partial charge on any atom is -0.393 e. The normalized spacial score (nSPS) is 9.42. The van der Waals surface area contributed by atoms with E-state index < -0.39 is 0 Å². The lowest BCUT2D eigenvalue weighted by Gasteiger charge is -2.04. The van der Waals surface area contributed by atoms with Gasteiger partial charge in [0.25, 0.3) is 0 Å². The second kappa shape index (κ2) is 3.04. The number of carbonyl (C=O) groups excluding carboxylic acids is 1. The summed E-state index contributed by atoms with van der Waals surface area (Å²) < 4.78 is 0. The summed E-state index contributed by atoms with van der Waals surface area (Å²) in [6.07, 6.45) is 1.23. The van der Waals surface area contributed by atoms with Crippen LogP contribution in [-0.4, -0.2) is 15.9 Å². The lowest BCUT2D eigenvalue weighted by Crippen LogP contribution is -2.11. The molecule has 0 fully saturated rings. The van der Waals surface area contributed by atoms with E-state index in [1.165, 1.54) is 13.3 Å². The van der Waals surface area contributed by atoms with E-state index in [2.05, 4.69) is 15.3 Å². The molecule has 0 radical (unpaired) electrons. The van der Waals surface area contributed by atoms with Crippen LogP contribution in [0.1, 0.15) is 6.92 Å². The third-order valence-corrected chi connectivity index (χ3v) is 1.21. The molecule has 6 heteroatoms. The van der Waals surface area contributed by atoms with Crippen molar-refractivity contribution in [2.75, 3.05) is 16.8 Å². The van der Waals surface area contributed by atoms with E-state index in [0.717, 1.165) is 0 Å². The number of hydrogen-bond donors (Lipinski definition) is 3. The second-order valence-electron chi connectivity index (χ2n) is 2.20. The fourth-order valence-electron chi connectivity index (χ4n) is 0.676. The lowest BCUT2D eigenvalue weighted by atomic mass is 10.4. The van der Waals surface area contributed by atoms with E-state index in [4.69, 9.17) is 11.5 Å². The minimum absolute atomic E-state index is 0.161. The van der Waals surface area contributed by atoms with Crippen molar-refractivity contribution in [2.24, 2.45) is 0 Å². The number of amides is 1. The van der Waals surface area contributed by atoms with Crippen molar-refractivity contribution in [3.8, 4) is 0 Å². The molecule has 0 unspecified atom stereocenters. The molecule has 1 rings (SSSR count). The molecule has 0 saturated heterocycles. The van der Waals surface area contributed by atoms with Gasteiger partial charge in [-0.25, -0.2) is 9.97 Å². The van der Waals surface area contributed by atoms with Crippen LogP contribution in [0, 0.1) is 0 Å². The van der Waals surface area contributed by atoms with E-state index in [1.807, 2.05) is 0 Å². The van der Waals surface area contributed by atoms with E-state index in [0.29, 0.717) is 0 Å². The van der Waals surface area contributed by atoms with Gasteiger partial charge in [0.05, 0.1) is 0 Å². The molecule has 64 valence electrons. The summed E-state index contributed by atoms with van der Waals surface area (Å²) in [6.45, 7) is 1.36. The molecule has 12 heavy (non-hydrogen) atoms. The predicted molar refractivity (Wildman–Crippen MR) is 45.2 cm³/mol. The van der Waals surface area contributed by atoms with Crippen LogP contribution < -0.4 is 16.8 Å². The van der Waals surface area contributed by atoms with Gasteiger partial charge in [-0.2, -0.15) is 0 Å². The Kier molecular flexibility index (Phi) is 2.09. The lowest BCUT2D eigenvalue weighted by molar-refractivity contribution is -0.114. The van der Waals surface area contributed by atoms with Crippen LogP contribution in [0.4, 0.5) is 17.3 Å². The molecule has 6 nitrogen and oxygen atoms in total. The van der Waals surface area contributed by atoms with E-state index >= 15 is 0 Å². The van der Waals surface area contributed by atoms with Crippen LogP contribution in [0.15, 0.2) is 6.33 Å². The number of nitrogens with one attached hydrogen (secondary N) is 1. The molecular formula is C6H9N5O. The van der Waals surface area contributed by atoms with E-state index in [-0.39, 0.29) is 23.2 Å². The van der Waals surface area contributed by atoms with Gasteiger partial charge < -0.3 is 16.8 Å². The highest BCUT2D eigenvalue weighted by Gasteiger charge is 2.05. The molecule has 0 aromatic carbocycles. The Morgan fingerprint density at radius 3 is 2.75 bits per heavy atom. The van der Waals surface area contributed by atoms with Crippen LogP contribution >= 0.6 is 0 Å². The number of hydrogen-bond acceptors (Lipinski definition) is 5. The van der Waals surface area contributed by atoms with Crippen LogP contribution in [0.3, 0.4) is 0 Å². The summed E-state index contributed by atoms with van der Waals surface area (Å²) >= 11 is 0. The molecule has 0 spiro atoms. The zero-order valence-corrected chi connectivity index (χ0v) is 6.53. The number of nitrogens with two attached hydrogens (primary N) is 2. The Balaban J connectivity index is 3.00. The third-order valence-electron chi connectivity index (χ3n) is 1.21. The van der Waals surface area contributed by atoms with Crippen molar-refractivity contribution >= 4 is 23.2 Å². The average Bonchev–Trinajstić information content (AvgIpc) is 1.98. The maximum absolute atomic E-state index is 10.6. The number of anilines is 3. The van der Waals surface area contributed by atoms with Crippen LogP contribution in [0.5, 0.6) is 0 Å². The number of rotatable bonds is 1. The third kappa shape index (κ3) is 1.60. The summed E-state index contributed by atoms with van der Waals surface area (Å²) in [5.41, 5.74) is 11.0. The summed E-state index contributed by atoms with van der Waals surface area (Å²) in [4.78, 5) is 18.0. The molecule has 0 bridgehead atoms. The minimum atomic E-state index is -0.250. The first-order chi connectivity index (χ1) is 5.61. The summed E-state index contributed by atoms with van der Waals surface area (Å²) in [7, 11) is 0. The molecule has 0 aliphatic heterocycles. The Morgan fingerprint density at radius 1 is 1.50 bits per heavy atom. The Labute approximate surface area is 69.0 Å². The molecule has 0 aliphatic rings. The molecular weight excluding hydrogens is 158 g/mol. The number of nitrogens with zero attached hydrogens (tertiary/aromatic N) is 2. The van der Waals surface area contributed by atoms with Gasteiger partial charge in [0.15, 0.2) is 11.6 Å². The maximum Gasteiger partial charge on any atom is 0.222 e. The van der Waals surface area contributed by atoms with Crippen molar-refractivity contribution in [1.82, 2.24) is 9.97 Å². The first kappa shape index (κ1) is 8.25. The van der Waals surface area contributed by atoms with Crippen molar-refractivity contribution in [2.45, 2.75) is 6.92 Å². The highest BCUT2D eigenvalue weighted by molar-refractivity contribution is 5.92. The van der Waals surface area contributed by atoms with E-state index in [1.54, 1.807) is 0 Å². The second-order valence-corrected chi connectivity index (χ2v) is 2.20. The summed E-state index contributed by atoms with van der Waals surface area (Å²) in [5.74, 6) is 0.156. The molecule has 0 aliphatic carbocycles. The van der Waals surface area contributed by atoms with Crippen molar-refractivity contribution < 1.29 is 4.79 Å². The summed E-state index contributed by atoms with van der Waals surface area (Å²) in [5, 5.41) is 2.42. The molecule has 1 aromatic heterocycles. The van der Waals surface area contributed by atoms with Gasteiger partial charge in [0.2, 0.25) is 5.91 Å². The highest BCUT2D eigenvalue weighted by Crippen LogP contribution is 2.18. The van der Waals surface area contributed by atoms with Gasteiger partial charge in [-0.3, -0.25) is 4.79 Å². The largest absolute Gasteiger partial charge is 0.393 e. The topological polar surface area (TPSA) is 107 Å². The van der Waals surface area contributed by atoms with Gasteiger partial charge in [0.1, 0.15) is 12.0 Å². The molecule has 5 N–H and O–H groups in total. The maximum atomic E-state index is 10.6. The number of nitrogen functional groups attached to an aromatic ring is 2. The van der Waals surface area contributed by atoms with Gasteiger partial charge in [-0.1, -0.05) is 0 Å². The van der Waals surface area contributed by atoms with Crippen LogP contribution in [-0.2, 0) is 4.79 Å². The zero-order chi connectivity index (χ0) is 9.14. The fraction of sp³-hybridized carbons (Fsp3) is 0.167. The molecule has 0 atom stereocenters. The van der Waals surface area contributed by atoms with Crippen molar-refractivity contribution in [3.63, 3.8) is 0 Å². The van der Waals surface area contributed by atoms with Crippen molar-refractivity contribution in [3.05, 3.63) is 6.33 Å². The van der Waals surface area contributed by atoms with Crippen LogP contribution in [0.2, 0.25) is 0 Å². The molecule has 0 saturated carbocycles. The summed E-state index contributed by atoms with van der Waals surface area (Å²) in [6, 6.07) is 0. The Morgan fingerprint density at radius 2 is 2.17 bits per heavy atom. The molecule has 1 aromatic rings. The average molecular weight is 167 g/mol. The first-order valence-corrected chi connectivity index (χ1v) is 3.25. The standard InChI is InChI=1S/C6H9N5O/c1-3(12)11-6-4(7)5(8)9-2-10-6/h2H,7H2,1H3,(H3,8,9,10,11,12). The van der Waals surface area contributed by atoms with Gasteiger partial charge >= 0.3 is 0 Å². The SMILES string of the molecule is CC(=O)Nc1ncnc(N)c1N. The molecule has 1 amide bonds. The quantitative estimate of drug-likeness (QED) is 0.527. The Bertz CT molecular complexity index is 311. The van der Waals surface area contributed by atoms with Gasteiger partial charge in [-0.15, -0.1) is 0 Å². The monoisotopic (exact) mass is 167 g/mol. The number of aromatic nitrogens is 2. The highest BCUT2D eigenvalue weighted by atomic mass is 16.1. The number of carbonyl (C=O) groups is 1. The van der Waals surface area contributed by atoms with Gasteiger partial charge in [0, 0.05) is 6.92 Å². The smallest absolute Gasteiger partial charge is 0.222 e. The Hall–Kier alpha value is -1.85. The van der Waals surface area contributed by atoms with Gasteiger partial charge in [-0.05, 0) is 0 Å². The zero-order valence-electron chi connectivity index (χ0n) is 6.53. The first-order valence-electron chi connectivity index (χ1n) is 3.25. The fourth-order valence-corrected chi connectivity index (χ4v) is 0.676. The molecule has 1 heterocycles. The van der Waals surface area contributed by atoms with Crippen molar-refractivity contribution in [1.29, 1.82) is 0 Å². The predicted octanol–water partition coefficient (Wildman–Crippen LogP) is -0.401. The van der Waals surface area contributed by atoms with E-state index in [9.17, 15) is 4.79 Å². The van der Waals surface area contributed by atoms with Crippen LogP contribution in [0.25, 0.3) is 0 Å².